The number of rotatable bonds is 6. The van der Waals surface area contributed by atoms with Gasteiger partial charge in [0.05, 0.1) is 0 Å². The molecule has 0 aliphatic rings. The Morgan fingerprint density at radius 2 is 2.33 bits per heavy atom. The molecule has 0 spiro atoms. The van der Waals surface area contributed by atoms with Gasteiger partial charge in [-0.3, -0.25) is 0 Å². The summed E-state index contributed by atoms with van der Waals surface area (Å²) in [5.41, 5.74) is 0. The van der Waals surface area contributed by atoms with Gasteiger partial charge < -0.3 is 0 Å². The largest absolute Gasteiger partial charge is 0.238 e. The maximum absolute atomic E-state index is 5.56. The Kier molecular flexibility index (Phi) is 5.82. The molecule has 0 aliphatic carbocycles. The first-order valence-corrected chi connectivity index (χ1v) is 6.41. The Bertz CT molecular complexity index is 189. The van der Waals surface area contributed by atoms with Crippen molar-refractivity contribution in [3.63, 3.8) is 0 Å². The molecule has 0 amide bonds. The predicted molar refractivity (Wildman–Crippen MR) is 57.4 cm³/mol. The molecule has 1 aromatic heterocycles. The van der Waals surface area contributed by atoms with Gasteiger partial charge in [0.25, 0.3) is 0 Å². The topological polar surface area (TPSA) is 12.9 Å². The highest BCUT2D eigenvalue weighted by Gasteiger charge is 1.95. The minimum atomic E-state index is 0.794. The van der Waals surface area contributed by atoms with Gasteiger partial charge in [-0.05, 0) is 12.8 Å². The van der Waals surface area contributed by atoms with Crippen LogP contribution in [0.5, 0.6) is 0 Å². The number of aromatic nitrogens is 1. The maximum atomic E-state index is 5.56. The van der Waals surface area contributed by atoms with Crippen LogP contribution in [0.4, 0.5) is 0 Å². The van der Waals surface area contributed by atoms with E-state index < -0.39 is 0 Å². The van der Waals surface area contributed by atoms with Gasteiger partial charge in [0, 0.05) is 23.2 Å². The molecule has 4 heteroatoms. The molecule has 0 atom stereocenters. The van der Waals surface area contributed by atoms with E-state index in [1.807, 2.05) is 23.3 Å². The van der Waals surface area contributed by atoms with Crippen molar-refractivity contribution in [2.45, 2.75) is 23.6 Å². The van der Waals surface area contributed by atoms with Crippen molar-refractivity contribution in [2.75, 3.05) is 11.6 Å². The average molecular weight is 222 g/mol. The third-order valence-electron chi connectivity index (χ3n) is 1.41. The van der Waals surface area contributed by atoms with Crippen molar-refractivity contribution < 1.29 is 0 Å². The molecule has 1 heterocycles. The molecule has 68 valence electrons. The fourth-order valence-corrected chi connectivity index (χ4v) is 2.71. The molecule has 1 aromatic rings. The third kappa shape index (κ3) is 4.33. The molecular weight excluding hydrogens is 210 g/mol. The molecule has 0 radical (unpaired) electrons. The maximum Gasteiger partial charge on any atom is 0.149 e. The van der Waals surface area contributed by atoms with Gasteiger partial charge >= 0.3 is 0 Å². The number of alkyl halides is 1. The van der Waals surface area contributed by atoms with Crippen LogP contribution in [0.1, 0.15) is 19.3 Å². The zero-order valence-corrected chi connectivity index (χ0v) is 9.22. The monoisotopic (exact) mass is 221 g/mol. The fraction of sp³-hybridized carbons (Fsp3) is 0.625. The quantitative estimate of drug-likeness (QED) is 0.413. The van der Waals surface area contributed by atoms with E-state index in [4.69, 9.17) is 11.6 Å². The third-order valence-corrected chi connectivity index (χ3v) is 3.73. The molecular formula is C8H12ClNS2. The van der Waals surface area contributed by atoms with Crippen LogP contribution >= 0.6 is 34.7 Å². The van der Waals surface area contributed by atoms with Crippen LogP contribution in [-0.4, -0.2) is 16.6 Å². The van der Waals surface area contributed by atoms with Gasteiger partial charge in [-0.2, -0.15) is 0 Å². The first kappa shape index (κ1) is 10.4. The van der Waals surface area contributed by atoms with E-state index in [1.54, 1.807) is 11.3 Å². The summed E-state index contributed by atoms with van der Waals surface area (Å²) in [7, 11) is 0. The smallest absolute Gasteiger partial charge is 0.149 e. The number of nitrogens with zero attached hydrogens (tertiary/aromatic N) is 1. The lowest BCUT2D eigenvalue weighted by Gasteiger charge is -1.96. The minimum Gasteiger partial charge on any atom is -0.238 e. The van der Waals surface area contributed by atoms with E-state index in [-0.39, 0.29) is 0 Å². The average Bonchev–Trinajstić information content (AvgIpc) is 2.57. The number of thiazole rings is 1. The van der Waals surface area contributed by atoms with Gasteiger partial charge in [0.2, 0.25) is 0 Å². The van der Waals surface area contributed by atoms with Gasteiger partial charge in [0.1, 0.15) is 4.34 Å². The van der Waals surface area contributed by atoms with Crippen molar-refractivity contribution >= 4 is 34.7 Å². The molecule has 0 saturated carbocycles. The minimum absolute atomic E-state index is 0.794. The van der Waals surface area contributed by atoms with E-state index in [1.165, 1.54) is 22.9 Å². The summed E-state index contributed by atoms with van der Waals surface area (Å²) in [6, 6.07) is 0. The summed E-state index contributed by atoms with van der Waals surface area (Å²) in [5, 5.41) is 2.01. The Morgan fingerprint density at radius 3 is 3.00 bits per heavy atom. The lowest BCUT2D eigenvalue weighted by Crippen LogP contribution is -1.81. The van der Waals surface area contributed by atoms with Crippen molar-refractivity contribution in [3.05, 3.63) is 11.6 Å². The summed E-state index contributed by atoms with van der Waals surface area (Å²) >= 11 is 9.12. The van der Waals surface area contributed by atoms with E-state index in [2.05, 4.69) is 4.98 Å². The zero-order chi connectivity index (χ0) is 8.65. The highest BCUT2D eigenvalue weighted by molar-refractivity contribution is 8.00. The number of halogens is 1. The number of hydrogen-bond acceptors (Lipinski definition) is 3. The number of hydrogen-bond donors (Lipinski definition) is 0. The Hall–Kier alpha value is 0.270. The molecule has 0 N–H and O–H groups in total. The fourth-order valence-electron chi connectivity index (χ4n) is 0.814. The van der Waals surface area contributed by atoms with Gasteiger partial charge in [-0.1, -0.05) is 18.2 Å². The first-order chi connectivity index (χ1) is 5.93. The SMILES string of the molecule is ClCCCCCSc1nccs1. The van der Waals surface area contributed by atoms with Crippen molar-refractivity contribution in [1.82, 2.24) is 4.98 Å². The van der Waals surface area contributed by atoms with Gasteiger partial charge in [-0.15, -0.1) is 22.9 Å². The normalized spacial score (nSPS) is 10.4. The molecule has 0 aliphatic heterocycles. The summed E-state index contributed by atoms with van der Waals surface area (Å²) < 4.78 is 1.18. The molecule has 0 bridgehead atoms. The molecule has 12 heavy (non-hydrogen) atoms. The molecule has 0 fully saturated rings. The van der Waals surface area contributed by atoms with E-state index in [0.717, 1.165) is 12.3 Å². The van der Waals surface area contributed by atoms with Crippen molar-refractivity contribution in [3.8, 4) is 0 Å². The highest BCUT2D eigenvalue weighted by Crippen LogP contribution is 2.21. The van der Waals surface area contributed by atoms with Gasteiger partial charge in [0.15, 0.2) is 0 Å². The molecule has 0 saturated heterocycles. The van der Waals surface area contributed by atoms with E-state index >= 15 is 0 Å². The standard InChI is InChI=1S/C8H12ClNS2/c9-4-2-1-3-6-11-8-10-5-7-12-8/h5,7H,1-4,6H2. The Labute approximate surface area is 86.5 Å². The van der Waals surface area contributed by atoms with Crippen LogP contribution in [0.3, 0.4) is 0 Å². The number of thioether (sulfide) groups is 1. The second-order valence-corrected chi connectivity index (χ2v) is 5.01. The summed E-state index contributed by atoms with van der Waals surface area (Å²) in [5.74, 6) is 1.96. The van der Waals surface area contributed by atoms with Crippen molar-refractivity contribution in [1.29, 1.82) is 0 Å². The summed E-state index contributed by atoms with van der Waals surface area (Å²) in [6.07, 6.45) is 5.48. The van der Waals surface area contributed by atoms with Crippen LogP contribution in [0.25, 0.3) is 0 Å². The Balaban J connectivity index is 1.96. The first-order valence-electron chi connectivity index (χ1n) is 4.02. The van der Waals surface area contributed by atoms with E-state index in [0.29, 0.717) is 0 Å². The van der Waals surface area contributed by atoms with Crippen LogP contribution in [-0.2, 0) is 0 Å². The highest BCUT2D eigenvalue weighted by atomic mass is 35.5. The molecule has 0 aromatic carbocycles. The van der Waals surface area contributed by atoms with Crippen LogP contribution in [0, 0.1) is 0 Å². The number of unbranched alkanes of at least 4 members (excludes halogenated alkanes) is 2. The lowest BCUT2D eigenvalue weighted by atomic mass is 10.3. The zero-order valence-electron chi connectivity index (χ0n) is 6.83. The van der Waals surface area contributed by atoms with Gasteiger partial charge in [-0.25, -0.2) is 4.98 Å². The summed E-state index contributed by atoms with van der Waals surface area (Å²) in [6.45, 7) is 0. The van der Waals surface area contributed by atoms with E-state index in [9.17, 15) is 0 Å². The Morgan fingerprint density at radius 1 is 1.42 bits per heavy atom. The van der Waals surface area contributed by atoms with Crippen LogP contribution < -0.4 is 0 Å². The lowest BCUT2D eigenvalue weighted by molar-refractivity contribution is 0.783. The molecule has 0 unspecified atom stereocenters. The second-order valence-electron chi connectivity index (χ2n) is 2.40. The molecule has 1 rings (SSSR count). The van der Waals surface area contributed by atoms with Crippen LogP contribution in [0.15, 0.2) is 15.9 Å². The summed E-state index contributed by atoms with van der Waals surface area (Å²) in [4.78, 5) is 4.19. The second kappa shape index (κ2) is 6.75. The predicted octanol–water partition coefficient (Wildman–Crippen LogP) is 3.64. The van der Waals surface area contributed by atoms with Crippen molar-refractivity contribution in [2.24, 2.45) is 0 Å². The van der Waals surface area contributed by atoms with Crippen LogP contribution in [0.2, 0.25) is 0 Å². The molecule has 1 nitrogen and oxygen atoms in total.